The lowest BCUT2D eigenvalue weighted by molar-refractivity contribution is 0.664. The Morgan fingerprint density at radius 2 is 0.968 bits per heavy atom. The summed E-state index contributed by atoms with van der Waals surface area (Å²) in [5.41, 5.74) is 16.3. The van der Waals surface area contributed by atoms with Crippen molar-refractivity contribution in [3.05, 3.63) is 247 Å². The lowest BCUT2D eigenvalue weighted by Crippen LogP contribution is -2.24. The zero-order chi connectivity index (χ0) is 41.7. The smallest absolute Gasteiger partial charge is 0.145 e. The van der Waals surface area contributed by atoms with Gasteiger partial charge in [-0.1, -0.05) is 188 Å². The van der Waals surface area contributed by atoms with E-state index >= 15 is 0 Å². The second-order valence-corrected chi connectivity index (χ2v) is 16.2. The van der Waals surface area contributed by atoms with E-state index in [0.717, 1.165) is 67.1 Å². The monoisotopic (exact) mass is 804 g/mol. The van der Waals surface area contributed by atoms with Crippen molar-refractivity contribution in [3.63, 3.8) is 0 Å². The third-order valence-corrected chi connectivity index (χ3v) is 12.4. The van der Waals surface area contributed by atoms with Gasteiger partial charge in [-0.2, -0.15) is 0 Å². The van der Waals surface area contributed by atoms with Crippen LogP contribution in [0.1, 0.15) is 22.9 Å². The fourth-order valence-electron chi connectivity index (χ4n) is 9.37. The van der Waals surface area contributed by atoms with Crippen LogP contribution in [0.2, 0.25) is 0 Å². The molecule has 4 nitrogen and oxygen atoms in total. The standard InChI is InChI=1S/C59H40N4/c1-4-16-39(17-5-1)50-37-52(41-18-6-2-7-19-41)60-58-51(36-45-22-10-11-23-47(45)57(50)58)40-28-30-44(31-29-40)59-61-53(42-20-8-3-9-21-42)38-54(62-59)43-32-34-46(35-33-43)63-55-26-14-12-24-48(55)49-25-13-15-27-56(49)63/h1-38,59,62H. The summed E-state index contributed by atoms with van der Waals surface area (Å²) in [6.07, 6.45) is 1.88. The van der Waals surface area contributed by atoms with Gasteiger partial charge >= 0.3 is 0 Å². The zero-order valence-corrected chi connectivity index (χ0v) is 34.4. The minimum Gasteiger partial charge on any atom is -0.360 e. The molecule has 0 fully saturated rings. The first-order valence-electron chi connectivity index (χ1n) is 21.5. The van der Waals surface area contributed by atoms with Gasteiger partial charge in [-0.05, 0) is 86.6 Å². The van der Waals surface area contributed by atoms with Crippen molar-refractivity contribution in [3.8, 4) is 39.2 Å². The topological polar surface area (TPSA) is 42.2 Å². The van der Waals surface area contributed by atoms with Gasteiger partial charge < -0.3 is 9.88 Å². The van der Waals surface area contributed by atoms with Crippen LogP contribution in [0.25, 0.3) is 88.4 Å². The molecule has 0 radical (unpaired) electrons. The van der Waals surface area contributed by atoms with Gasteiger partial charge in [0.05, 0.1) is 28.0 Å². The van der Waals surface area contributed by atoms with Crippen LogP contribution in [0, 0.1) is 0 Å². The molecule has 0 spiro atoms. The van der Waals surface area contributed by atoms with Gasteiger partial charge in [0.1, 0.15) is 6.17 Å². The van der Waals surface area contributed by atoms with E-state index in [9.17, 15) is 0 Å². The summed E-state index contributed by atoms with van der Waals surface area (Å²) in [6, 6.07) is 80.0. The first-order chi connectivity index (χ1) is 31.2. The molecule has 296 valence electrons. The van der Waals surface area contributed by atoms with Gasteiger partial charge in [0.15, 0.2) is 0 Å². The van der Waals surface area contributed by atoms with Gasteiger partial charge in [0, 0.05) is 38.7 Å². The van der Waals surface area contributed by atoms with Gasteiger partial charge in [-0.15, -0.1) is 0 Å². The molecular formula is C59H40N4. The highest BCUT2D eigenvalue weighted by atomic mass is 15.1. The Balaban J connectivity index is 0.945. The second kappa shape index (κ2) is 15.3. The number of benzene rings is 9. The zero-order valence-electron chi connectivity index (χ0n) is 34.4. The summed E-state index contributed by atoms with van der Waals surface area (Å²) in [5, 5.41) is 9.85. The SMILES string of the molecule is C1=C(c2ccc(-n3c4ccccc4c4ccccc43)cc2)NC(c2ccc(-c3cc4ccccc4c4c(-c5ccccc5)cc(-c5ccccc5)nc34)cc2)N=C1c1ccccc1. The molecule has 3 heterocycles. The number of nitrogens with one attached hydrogen (secondary N) is 1. The number of fused-ring (bicyclic) bond motifs is 6. The highest BCUT2D eigenvalue weighted by molar-refractivity contribution is 6.18. The van der Waals surface area contributed by atoms with Crippen LogP contribution in [-0.2, 0) is 0 Å². The van der Waals surface area contributed by atoms with Crippen molar-refractivity contribution >= 4 is 54.9 Å². The fraction of sp³-hybridized carbons (Fsp3) is 0.0169. The number of rotatable bonds is 7. The van der Waals surface area contributed by atoms with Gasteiger partial charge in [0.25, 0.3) is 0 Å². The molecule has 1 unspecified atom stereocenters. The van der Waals surface area contributed by atoms with Crippen LogP contribution >= 0.6 is 0 Å². The van der Waals surface area contributed by atoms with Crippen LogP contribution in [0.4, 0.5) is 0 Å². The van der Waals surface area contributed by atoms with E-state index in [2.05, 4.69) is 240 Å². The van der Waals surface area contributed by atoms with Crippen molar-refractivity contribution in [1.82, 2.24) is 14.9 Å². The molecular weight excluding hydrogens is 765 g/mol. The number of nitrogens with zero attached hydrogens (tertiary/aromatic N) is 3. The lowest BCUT2D eigenvalue weighted by Gasteiger charge is -2.25. The number of pyridine rings is 1. The highest BCUT2D eigenvalue weighted by Crippen LogP contribution is 2.42. The normalized spacial score (nSPS) is 13.9. The number of hydrogen-bond donors (Lipinski definition) is 1. The number of allylic oxidation sites excluding steroid dienone is 1. The molecule has 2 aromatic heterocycles. The molecule has 12 rings (SSSR count). The molecule has 4 heteroatoms. The summed E-state index contributed by atoms with van der Waals surface area (Å²) >= 11 is 0. The van der Waals surface area contributed by atoms with E-state index in [1.807, 2.05) is 0 Å². The Labute approximate surface area is 365 Å². The van der Waals surface area contributed by atoms with Gasteiger partial charge in [-0.25, -0.2) is 4.98 Å². The number of para-hydroxylation sites is 2. The summed E-state index contributed by atoms with van der Waals surface area (Å²) in [4.78, 5) is 10.8. The molecule has 1 aliphatic heterocycles. The number of aliphatic imine (C=N–C) groups is 1. The van der Waals surface area contributed by atoms with Crippen molar-refractivity contribution in [2.24, 2.45) is 4.99 Å². The average molecular weight is 805 g/mol. The molecule has 0 saturated heterocycles. The summed E-state index contributed by atoms with van der Waals surface area (Å²) < 4.78 is 2.36. The van der Waals surface area contributed by atoms with Crippen molar-refractivity contribution < 1.29 is 0 Å². The highest BCUT2D eigenvalue weighted by Gasteiger charge is 2.22. The minimum atomic E-state index is -0.299. The second-order valence-electron chi connectivity index (χ2n) is 16.2. The Morgan fingerprint density at radius 3 is 1.63 bits per heavy atom. The molecule has 63 heavy (non-hydrogen) atoms. The maximum Gasteiger partial charge on any atom is 0.145 e. The molecule has 0 aliphatic carbocycles. The Hall–Kier alpha value is -8.34. The van der Waals surface area contributed by atoms with Crippen LogP contribution < -0.4 is 5.32 Å². The first-order valence-corrected chi connectivity index (χ1v) is 21.5. The molecule has 1 N–H and O–H groups in total. The van der Waals surface area contributed by atoms with Gasteiger partial charge in [0.2, 0.25) is 0 Å². The van der Waals surface area contributed by atoms with Crippen LogP contribution in [-0.4, -0.2) is 15.3 Å². The van der Waals surface area contributed by atoms with E-state index in [1.165, 1.54) is 43.7 Å². The Morgan fingerprint density at radius 1 is 0.429 bits per heavy atom. The van der Waals surface area contributed by atoms with Crippen molar-refractivity contribution in [2.75, 3.05) is 0 Å². The van der Waals surface area contributed by atoms with Gasteiger partial charge in [-0.3, -0.25) is 4.99 Å². The number of hydrogen-bond acceptors (Lipinski definition) is 3. The lowest BCUT2D eigenvalue weighted by atomic mass is 9.90. The summed E-state index contributed by atoms with van der Waals surface area (Å²) in [7, 11) is 0. The Kier molecular flexibility index (Phi) is 8.86. The molecule has 11 aromatic rings. The van der Waals surface area contributed by atoms with Crippen LogP contribution in [0.5, 0.6) is 0 Å². The summed E-state index contributed by atoms with van der Waals surface area (Å²) in [5.74, 6) is 0. The first kappa shape index (κ1) is 36.5. The number of aromatic nitrogens is 2. The van der Waals surface area contributed by atoms with E-state index in [-0.39, 0.29) is 6.17 Å². The Bertz CT molecular complexity index is 3500. The molecule has 1 atom stereocenters. The maximum atomic E-state index is 5.47. The molecule has 9 aromatic carbocycles. The largest absolute Gasteiger partial charge is 0.360 e. The summed E-state index contributed by atoms with van der Waals surface area (Å²) in [6.45, 7) is 0. The van der Waals surface area contributed by atoms with Crippen molar-refractivity contribution in [2.45, 2.75) is 6.17 Å². The molecule has 1 aliphatic rings. The average Bonchev–Trinajstić information content (AvgIpc) is 3.71. The third kappa shape index (κ3) is 6.48. The predicted octanol–water partition coefficient (Wildman–Crippen LogP) is 14.6. The van der Waals surface area contributed by atoms with E-state index in [4.69, 9.17) is 9.98 Å². The predicted molar refractivity (Wildman–Crippen MR) is 263 cm³/mol. The van der Waals surface area contributed by atoms with Crippen molar-refractivity contribution in [1.29, 1.82) is 0 Å². The van der Waals surface area contributed by atoms with E-state index < -0.39 is 0 Å². The van der Waals surface area contributed by atoms with E-state index in [0.29, 0.717) is 0 Å². The third-order valence-electron chi connectivity index (χ3n) is 12.4. The van der Waals surface area contributed by atoms with E-state index in [1.54, 1.807) is 0 Å². The maximum absolute atomic E-state index is 5.47. The molecule has 0 bridgehead atoms. The molecule has 0 amide bonds. The van der Waals surface area contributed by atoms with Crippen LogP contribution in [0.3, 0.4) is 0 Å². The molecule has 0 saturated carbocycles. The quantitative estimate of drug-likeness (QED) is 0.163. The minimum absolute atomic E-state index is 0.299. The fourth-order valence-corrected chi connectivity index (χ4v) is 9.37. The van der Waals surface area contributed by atoms with Crippen LogP contribution in [0.15, 0.2) is 236 Å².